The van der Waals surface area contributed by atoms with Crippen molar-refractivity contribution in [3.8, 4) is 5.75 Å². The van der Waals surface area contributed by atoms with E-state index in [4.69, 9.17) is 9.15 Å². The highest BCUT2D eigenvalue weighted by molar-refractivity contribution is 5.86. The molecular weight excluding hydrogens is 369 g/mol. The van der Waals surface area contributed by atoms with Gasteiger partial charge in [-0.05, 0) is 49.1 Å². The molecule has 1 aliphatic heterocycles. The second kappa shape index (κ2) is 8.37. The summed E-state index contributed by atoms with van der Waals surface area (Å²) in [4.78, 5) is 13.3. The van der Waals surface area contributed by atoms with E-state index in [1.165, 1.54) is 11.0 Å². The van der Waals surface area contributed by atoms with Gasteiger partial charge in [0.25, 0.3) is 0 Å². The lowest BCUT2D eigenvalue weighted by Crippen LogP contribution is -3.12. The van der Waals surface area contributed by atoms with Gasteiger partial charge >= 0.3 is 5.63 Å². The number of rotatable bonds is 6. The molecule has 1 aliphatic rings. The zero-order chi connectivity index (χ0) is 20.4. The average Bonchev–Trinajstić information content (AvgIpc) is 2.71. The molecule has 0 radical (unpaired) electrons. The van der Waals surface area contributed by atoms with E-state index in [1.54, 1.807) is 18.2 Å². The van der Waals surface area contributed by atoms with Crippen LogP contribution in [0.3, 0.4) is 0 Å². The van der Waals surface area contributed by atoms with Gasteiger partial charge in [-0.25, -0.2) is 9.18 Å². The lowest BCUT2D eigenvalue weighted by Gasteiger charge is -2.27. The normalized spacial score (nSPS) is 15.9. The number of hydrogen-bond donors (Lipinski definition) is 1. The van der Waals surface area contributed by atoms with E-state index in [2.05, 4.69) is 13.0 Å². The molecule has 1 aromatic heterocycles. The molecule has 1 atom stereocenters. The third-order valence-corrected chi connectivity index (χ3v) is 5.69. The van der Waals surface area contributed by atoms with Gasteiger partial charge in [0.05, 0.1) is 6.54 Å². The highest BCUT2D eigenvalue weighted by Gasteiger charge is 2.25. The lowest BCUT2D eigenvalue weighted by molar-refractivity contribution is -0.932. The van der Waals surface area contributed by atoms with Crippen molar-refractivity contribution in [2.24, 2.45) is 0 Å². The van der Waals surface area contributed by atoms with Gasteiger partial charge in [-0.3, -0.25) is 4.90 Å². The fraction of sp³-hybridized carbons (Fsp3) is 0.375. The molecule has 0 saturated carbocycles. The molecule has 0 fully saturated rings. The zero-order valence-corrected chi connectivity index (χ0v) is 17.0. The smallest absolute Gasteiger partial charge is 0.336 e. The van der Waals surface area contributed by atoms with Crippen LogP contribution in [0, 0.1) is 12.7 Å². The summed E-state index contributed by atoms with van der Waals surface area (Å²) in [5, 5.41) is 1.02. The van der Waals surface area contributed by atoms with Crippen LogP contribution in [0.15, 0.2) is 45.6 Å². The summed E-state index contributed by atoms with van der Waals surface area (Å²) in [5.74, 6) is 0.642. The monoisotopic (exact) mass is 396 g/mol. The van der Waals surface area contributed by atoms with E-state index in [9.17, 15) is 9.18 Å². The topological polar surface area (TPSA) is 43.9 Å². The highest BCUT2D eigenvalue weighted by Crippen LogP contribution is 2.33. The van der Waals surface area contributed by atoms with Crippen LogP contribution in [0.5, 0.6) is 5.75 Å². The van der Waals surface area contributed by atoms with Crippen molar-refractivity contribution in [1.29, 1.82) is 0 Å². The molecule has 0 saturated heterocycles. The Balaban J connectivity index is 1.60. The molecule has 0 amide bonds. The molecule has 1 unspecified atom stereocenters. The molecule has 0 bridgehead atoms. The van der Waals surface area contributed by atoms with Crippen molar-refractivity contribution < 1.29 is 18.4 Å². The Morgan fingerprint density at radius 2 is 2.03 bits per heavy atom. The molecule has 4 rings (SSSR count). The number of benzene rings is 2. The zero-order valence-electron chi connectivity index (χ0n) is 17.0. The van der Waals surface area contributed by atoms with Crippen molar-refractivity contribution in [1.82, 2.24) is 0 Å². The van der Waals surface area contributed by atoms with Crippen LogP contribution >= 0.6 is 0 Å². The molecule has 4 nitrogen and oxygen atoms in total. The van der Waals surface area contributed by atoms with Gasteiger partial charge in [0.1, 0.15) is 23.7 Å². The first-order valence-electron chi connectivity index (χ1n) is 10.3. The SMILES string of the molecule is CCCCc1cc(=O)oc2c(C)c3c(cc12)C[NH+](CCc1cccc(F)c1)CO3. The van der Waals surface area contributed by atoms with Crippen LogP contribution in [-0.4, -0.2) is 13.3 Å². The van der Waals surface area contributed by atoms with Crippen LogP contribution in [0.4, 0.5) is 4.39 Å². The van der Waals surface area contributed by atoms with Crippen LogP contribution < -0.4 is 15.3 Å². The Kier molecular flexibility index (Phi) is 5.67. The Morgan fingerprint density at radius 1 is 1.17 bits per heavy atom. The number of nitrogens with one attached hydrogen (secondary N) is 1. The summed E-state index contributed by atoms with van der Waals surface area (Å²) in [7, 11) is 0. The lowest BCUT2D eigenvalue weighted by atomic mass is 9.98. The molecule has 29 heavy (non-hydrogen) atoms. The number of ether oxygens (including phenoxy) is 1. The Bertz CT molecular complexity index is 1090. The van der Waals surface area contributed by atoms with Gasteiger partial charge in [0.15, 0.2) is 0 Å². The Labute approximate surface area is 169 Å². The van der Waals surface area contributed by atoms with E-state index in [0.717, 1.165) is 72.2 Å². The third kappa shape index (κ3) is 4.20. The molecular formula is C24H27FNO3+. The molecule has 1 N–H and O–H groups in total. The fourth-order valence-corrected chi connectivity index (χ4v) is 4.15. The number of halogens is 1. The van der Waals surface area contributed by atoms with Crippen molar-refractivity contribution in [2.45, 2.75) is 46.1 Å². The van der Waals surface area contributed by atoms with E-state index >= 15 is 0 Å². The number of hydrogen-bond acceptors (Lipinski definition) is 3. The predicted molar refractivity (Wildman–Crippen MR) is 111 cm³/mol. The highest BCUT2D eigenvalue weighted by atomic mass is 19.1. The van der Waals surface area contributed by atoms with Crippen molar-refractivity contribution in [2.75, 3.05) is 13.3 Å². The van der Waals surface area contributed by atoms with Crippen LogP contribution in [-0.2, 0) is 19.4 Å². The summed E-state index contributed by atoms with van der Waals surface area (Å²) >= 11 is 0. The largest absolute Gasteiger partial charge is 0.444 e. The van der Waals surface area contributed by atoms with Gasteiger partial charge < -0.3 is 9.15 Å². The Hall–Kier alpha value is -2.66. The van der Waals surface area contributed by atoms with Gasteiger partial charge in [0, 0.05) is 29.0 Å². The van der Waals surface area contributed by atoms with Crippen LogP contribution in [0.25, 0.3) is 11.0 Å². The van der Waals surface area contributed by atoms with Gasteiger partial charge in [-0.1, -0.05) is 25.5 Å². The number of quaternary nitrogens is 1. The van der Waals surface area contributed by atoms with Gasteiger partial charge in [-0.15, -0.1) is 0 Å². The first-order valence-corrected chi connectivity index (χ1v) is 10.3. The molecule has 0 aliphatic carbocycles. The maximum Gasteiger partial charge on any atom is 0.336 e. The van der Waals surface area contributed by atoms with Crippen molar-refractivity contribution in [3.05, 3.63) is 74.9 Å². The van der Waals surface area contributed by atoms with Gasteiger partial charge in [0.2, 0.25) is 6.73 Å². The number of fused-ring (bicyclic) bond motifs is 2. The quantitative estimate of drug-likeness (QED) is 0.648. The molecule has 2 aromatic carbocycles. The minimum atomic E-state index is -0.301. The maximum atomic E-state index is 13.4. The fourth-order valence-electron chi connectivity index (χ4n) is 4.15. The summed E-state index contributed by atoms with van der Waals surface area (Å²) in [6.45, 7) is 6.37. The second-order valence-electron chi connectivity index (χ2n) is 7.91. The van der Waals surface area contributed by atoms with Crippen molar-refractivity contribution >= 4 is 11.0 Å². The molecule has 0 spiro atoms. The van der Waals surface area contributed by atoms with E-state index < -0.39 is 0 Å². The van der Waals surface area contributed by atoms with E-state index in [1.807, 2.05) is 13.0 Å². The molecule has 2 heterocycles. The van der Waals surface area contributed by atoms with E-state index in [-0.39, 0.29) is 11.4 Å². The number of unbranched alkanes of at least 4 members (excludes halogenated alkanes) is 1. The Morgan fingerprint density at radius 3 is 2.83 bits per heavy atom. The number of aryl methyl sites for hydroxylation is 2. The summed E-state index contributed by atoms with van der Waals surface area (Å²) < 4.78 is 25.0. The van der Waals surface area contributed by atoms with Crippen molar-refractivity contribution in [3.63, 3.8) is 0 Å². The minimum absolute atomic E-state index is 0.194. The molecule has 5 heteroatoms. The summed E-state index contributed by atoms with van der Waals surface area (Å²) in [6, 6.07) is 10.5. The predicted octanol–water partition coefficient (Wildman–Crippen LogP) is 3.56. The maximum absolute atomic E-state index is 13.4. The summed E-state index contributed by atoms with van der Waals surface area (Å²) in [5.41, 5.74) is 4.44. The third-order valence-electron chi connectivity index (χ3n) is 5.69. The van der Waals surface area contributed by atoms with Crippen LogP contribution in [0.2, 0.25) is 0 Å². The van der Waals surface area contributed by atoms with E-state index in [0.29, 0.717) is 12.3 Å². The minimum Gasteiger partial charge on any atom is -0.444 e. The average molecular weight is 396 g/mol. The molecule has 3 aromatic rings. The standard InChI is InChI=1S/C24H26FNO3/c1-3-4-7-18-13-22(27)29-24-16(2)23-19(12-21(18)24)14-26(15-28-23)10-9-17-6-5-8-20(25)11-17/h5-6,8,11-13H,3-4,7,9-10,14-15H2,1-2H3/p+1. The second-order valence-corrected chi connectivity index (χ2v) is 7.91. The first-order chi connectivity index (χ1) is 14.0. The van der Waals surface area contributed by atoms with Gasteiger partial charge in [-0.2, -0.15) is 0 Å². The summed E-state index contributed by atoms with van der Waals surface area (Å²) in [6.07, 6.45) is 3.78. The molecule has 152 valence electrons. The first kappa shape index (κ1) is 19.6. The van der Waals surface area contributed by atoms with Crippen LogP contribution in [0.1, 0.15) is 42.0 Å².